The van der Waals surface area contributed by atoms with E-state index in [1.165, 1.54) is 30.4 Å². The van der Waals surface area contributed by atoms with Crippen LogP contribution < -0.4 is 5.32 Å². The highest BCUT2D eigenvalue weighted by Crippen LogP contribution is 2.19. The van der Waals surface area contributed by atoms with Crippen LogP contribution in [0.25, 0.3) is 0 Å². The minimum atomic E-state index is 0.330. The van der Waals surface area contributed by atoms with Gasteiger partial charge in [0.15, 0.2) is 0 Å². The van der Waals surface area contributed by atoms with Crippen LogP contribution in [0.2, 0.25) is 0 Å². The molecule has 0 radical (unpaired) electrons. The number of phenols is 1. The molecule has 0 saturated heterocycles. The van der Waals surface area contributed by atoms with E-state index in [-0.39, 0.29) is 0 Å². The molecule has 0 heterocycles. The molecule has 0 bridgehead atoms. The van der Waals surface area contributed by atoms with Gasteiger partial charge in [-0.1, -0.05) is 62.2 Å². The van der Waals surface area contributed by atoms with E-state index in [4.69, 9.17) is 0 Å². The summed E-state index contributed by atoms with van der Waals surface area (Å²) in [6.07, 6.45) is 4.63. The molecular formula is C19H25NO. The molecule has 2 heteroatoms. The van der Waals surface area contributed by atoms with E-state index in [0.717, 1.165) is 13.0 Å². The molecule has 21 heavy (non-hydrogen) atoms. The Kier molecular flexibility index (Phi) is 6.29. The highest BCUT2D eigenvalue weighted by atomic mass is 16.3. The number of phenolic OH excluding ortho intramolecular Hbond substituents is 1. The number of benzene rings is 2. The van der Waals surface area contributed by atoms with E-state index in [1.807, 2.05) is 12.1 Å². The van der Waals surface area contributed by atoms with Crippen molar-refractivity contribution in [1.82, 2.24) is 5.32 Å². The largest absolute Gasteiger partial charge is 0.508 e. The van der Waals surface area contributed by atoms with Crippen LogP contribution in [0.1, 0.15) is 43.4 Å². The molecule has 2 nitrogen and oxygen atoms in total. The molecule has 0 amide bonds. The predicted molar refractivity (Wildman–Crippen MR) is 88.5 cm³/mol. The Labute approximate surface area is 127 Å². The Hall–Kier alpha value is -1.80. The van der Waals surface area contributed by atoms with Crippen molar-refractivity contribution in [2.24, 2.45) is 0 Å². The van der Waals surface area contributed by atoms with Crippen molar-refractivity contribution >= 4 is 0 Å². The SMILES string of the molecule is CCCCC(NCCc1ccc(O)cc1)c1ccccc1. The highest BCUT2D eigenvalue weighted by molar-refractivity contribution is 5.26. The zero-order valence-corrected chi connectivity index (χ0v) is 12.8. The number of unbranched alkanes of at least 4 members (excludes halogenated alkanes) is 1. The zero-order valence-electron chi connectivity index (χ0n) is 12.8. The number of rotatable bonds is 8. The van der Waals surface area contributed by atoms with Gasteiger partial charge in [-0.05, 0) is 42.6 Å². The first-order valence-electron chi connectivity index (χ1n) is 7.86. The summed E-state index contributed by atoms with van der Waals surface area (Å²) >= 11 is 0. The molecule has 0 fully saturated rings. The van der Waals surface area contributed by atoms with Crippen LogP contribution in [-0.4, -0.2) is 11.7 Å². The molecule has 0 aliphatic carbocycles. The monoisotopic (exact) mass is 283 g/mol. The van der Waals surface area contributed by atoms with E-state index < -0.39 is 0 Å². The van der Waals surface area contributed by atoms with Crippen molar-refractivity contribution in [3.05, 3.63) is 65.7 Å². The summed E-state index contributed by atoms with van der Waals surface area (Å²) in [6, 6.07) is 18.6. The topological polar surface area (TPSA) is 32.3 Å². The molecule has 1 atom stereocenters. The fourth-order valence-electron chi connectivity index (χ4n) is 2.53. The molecule has 2 rings (SSSR count). The molecule has 1 unspecified atom stereocenters. The van der Waals surface area contributed by atoms with Gasteiger partial charge >= 0.3 is 0 Å². The van der Waals surface area contributed by atoms with E-state index >= 15 is 0 Å². The molecule has 112 valence electrons. The molecule has 0 aliphatic heterocycles. The molecule has 2 aromatic rings. The summed E-state index contributed by atoms with van der Waals surface area (Å²) in [5, 5.41) is 13.0. The molecule has 0 aromatic heterocycles. The van der Waals surface area contributed by atoms with Crippen molar-refractivity contribution in [2.45, 2.75) is 38.6 Å². The van der Waals surface area contributed by atoms with Crippen LogP contribution in [0.15, 0.2) is 54.6 Å². The lowest BCUT2D eigenvalue weighted by Crippen LogP contribution is -2.23. The van der Waals surface area contributed by atoms with Gasteiger partial charge in [0.2, 0.25) is 0 Å². The van der Waals surface area contributed by atoms with Gasteiger partial charge in [0.1, 0.15) is 5.75 Å². The number of hydrogen-bond acceptors (Lipinski definition) is 2. The lowest BCUT2D eigenvalue weighted by Gasteiger charge is -2.19. The summed E-state index contributed by atoms with van der Waals surface area (Å²) in [5.74, 6) is 0.330. The summed E-state index contributed by atoms with van der Waals surface area (Å²) < 4.78 is 0. The van der Waals surface area contributed by atoms with Gasteiger partial charge in [0.25, 0.3) is 0 Å². The third kappa shape index (κ3) is 5.24. The Balaban J connectivity index is 1.88. The lowest BCUT2D eigenvalue weighted by atomic mass is 10.0. The Morgan fingerprint density at radius 1 is 1.00 bits per heavy atom. The Morgan fingerprint density at radius 3 is 2.38 bits per heavy atom. The van der Waals surface area contributed by atoms with E-state index in [9.17, 15) is 5.11 Å². The van der Waals surface area contributed by atoms with Crippen molar-refractivity contribution in [1.29, 1.82) is 0 Å². The van der Waals surface area contributed by atoms with Gasteiger partial charge in [0, 0.05) is 6.04 Å². The van der Waals surface area contributed by atoms with E-state index in [2.05, 4.69) is 42.6 Å². The first-order chi connectivity index (χ1) is 10.3. The van der Waals surface area contributed by atoms with Crippen LogP contribution in [0.5, 0.6) is 5.75 Å². The molecule has 0 saturated carbocycles. The minimum Gasteiger partial charge on any atom is -0.508 e. The third-order valence-electron chi connectivity index (χ3n) is 3.79. The van der Waals surface area contributed by atoms with Gasteiger partial charge < -0.3 is 10.4 Å². The van der Waals surface area contributed by atoms with Gasteiger partial charge in [0.05, 0.1) is 0 Å². The second-order valence-corrected chi connectivity index (χ2v) is 5.48. The van der Waals surface area contributed by atoms with Gasteiger partial charge in [-0.3, -0.25) is 0 Å². The van der Waals surface area contributed by atoms with E-state index in [1.54, 1.807) is 12.1 Å². The van der Waals surface area contributed by atoms with Crippen molar-refractivity contribution in [3.8, 4) is 5.75 Å². The summed E-state index contributed by atoms with van der Waals surface area (Å²) in [4.78, 5) is 0. The summed E-state index contributed by atoms with van der Waals surface area (Å²) in [7, 11) is 0. The van der Waals surface area contributed by atoms with Crippen LogP contribution >= 0.6 is 0 Å². The first-order valence-corrected chi connectivity index (χ1v) is 7.86. The van der Waals surface area contributed by atoms with Gasteiger partial charge in [-0.2, -0.15) is 0 Å². The minimum absolute atomic E-state index is 0.330. The predicted octanol–water partition coefficient (Wildman–Crippen LogP) is 4.46. The quantitative estimate of drug-likeness (QED) is 0.750. The highest BCUT2D eigenvalue weighted by Gasteiger charge is 2.09. The van der Waals surface area contributed by atoms with Crippen molar-refractivity contribution < 1.29 is 5.11 Å². The average Bonchev–Trinajstić information content (AvgIpc) is 2.53. The second-order valence-electron chi connectivity index (χ2n) is 5.48. The molecular weight excluding hydrogens is 258 g/mol. The average molecular weight is 283 g/mol. The summed E-state index contributed by atoms with van der Waals surface area (Å²) in [6.45, 7) is 3.19. The molecule has 2 N–H and O–H groups in total. The first kappa shape index (κ1) is 15.6. The summed E-state index contributed by atoms with van der Waals surface area (Å²) in [5.41, 5.74) is 2.62. The molecule has 0 spiro atoms. The maximum Gasteiger partial charge on any atom is 0.115 e. The maximum absolute atomic E-state index is 9.30. The van der Waals surface area contributed by atoms with Gasteiger partial charge in [-0.25, -0.2) is 0 Å². The smallest absolute Gasteiger partial charge is 0.115 e. The fraction of sp³-hybridized carbons (Fsp3) is 0.368. The molecule has 2 aromatic carbocycles. The van der Waals surface area contributed by atoms with Crippen molar-refractivity contribution in [3.63, 3.8) is 0 Å². The standard InChI is InChI=1S/C19H25NO/c1-2-3-9-19(17-7-5-4-6-8-17)20-15-14-16-10-12-18(21)13-11-16/h4-8,10-13,19-21H,2-3,9,14-15H2,1H3. The van der Waals surface area contributed by atoms with Crippen molar-refractivity contribution in [2.75, 3.05) is 6.54 Å². The van der Waals surface area contributed by atoms with Crippen LogP contribution in [0, 0.1) is 0 Å². The third-order valence-corrected chi connectivity index (χ3v) is 3.79. The number of nitrogens with one attached hydrogen (secondary N) is 1. The fourth-order valence-corrected chi connectivity index (χ4v) is 2.53. The normalized spacial score (nSPS) is 12.2. The molecule has 0 aliphatic rings. The Morgan fingerprint density at radius 2 is 1.71 bits per heavy atom. The Bertz CT molecular complexity index is 507. The second kappa shape index (κ2) is 8.48. The maximum atomic E-state index is 9.30. The van der Waals surface area contributed by atoms with Crippen LogP contribution in [0.3, 0.4) is 0 Å². The van der Waals surface area contributed by atoms with Crippen LogP contribution in [0.4, 0.5) is 0 Å². The van der Waals surface area contributed by atoms with E-state index in [0.29, 0.717) is 11.8 Å². The lowest BCUT2D eigenvalue weighted by molar-refractivity contribution is 0.474. The number of aromatic hydroxyl groups is 1. The number of hydrogen-bond donors (Lipinski definition) is 2. The van der Waals surface area contributed by atoms with Gasteiger partial charge in [-0.15, -0.1) is 0 Å². The van der Waals surface area contributed by atoms with Crippen LogP contribution in [-0.2, 0) is 6.42 Å². The zero-order chi connectivity index (χ0) is 14.9.